The molecule has 1 aromatic rings. The van der Waals surface area contributed by atoms with Gasteiger partial charge in [0.15, 0.2) is 0 Å². The molecule has 4 heteroatoms. The van der Waals surface area contributed by atoms with Crippen molar-refractivity contribution in [2.24, 2.45) is 5.16 Å². The van der Waals surface area contributed by atoms with E-state index in [2.05, 4.69) is 22.2 Å². The van der Waals surface area contributed by atoms with Gasteiger partial charge in [0, 0.05) is 12.1 Å². The van der Waals surface area contributed by atoms with Gasteiger partial charge in [0.25, 0.3) is 0 Å². The Kier molecular flexibility index (Phi) is 5.06. The van der Waals surface area contributed by atoms with E-state index < -0.39 is 0 Å². The molecular formula is C16H23ClN2O. The molecule has 0 unspecified atom stereocenters. The van der Waals surface area contributed by atoms with Crippen molar-refractivity contribution in [1.29, 1.82) is 0 Å². The molecule has 0 radical (unpaired) electrons. The number of halogens is 1. The average molecular weight is 295 g/mol. The van der Waals surface area contributed by atoms with Crippen LogP contribution in [0.1, 0.15) is 35.1 Å². The minimum Gasteiger partial charge on any atom is -0.394 e. The minimum absolute atomic E-state index is 0. The largest absolute Gasteiger partial charge is 0.394 e. The SMILES string of the molecule is CN(C)CCO/N=C1/CCc2cc3c(cc21)CCC3.Cl. The Hall–Kier alpha value is -1.06. The minimum atomic E-state index is 0. The summed E-state index contributed by atoms with van der Waals surface area (Å²) in [4.78, 5) is 7.56. The van der Waals surface area contributed by atoms with Crippen molar-refractivity contribution in [3.05, 3.63) is 34.4 Å². The standard InChI is InChI=1S/C16H22N2O.ClH/c1-18(2)8-9-19-17-16-7-6-14-10-12-4-3-5-13(12)11-15(14)16;/h10-11H,3-9H2,1-2H3;1H/b17-16-;. The van der Waals surface area contributed by atoms with E-state index in [4.69, 9.17) is 4.84 Å². The Morgan fingerprint density at radius 3 is 2.55 bits per heavy atom. The Balaban J connectivity index is 0.00000147. The summed E-state index contributed by atoms with van der Waals surface area (Å²) in [6.45, 7) is 1.57. The van der Waals surface area contributed by atoms with E-state index in [0.717, 1.165) is 25.1 Å². The fourth-order valence-electron chi connectivity index (χ4n) is 2.98. The van der Waals surface area contributed by atoms with Crippen LogP contribution in [0.3, 0.4) is 0 Å². The van der Waals surface area contributed by atoms with Crippen molar-refractivity contribution in [2.75, 3.05) is 27.2 Å². The first-order chi connectivity index (χ1) is 9.24. The topological polar surface area (TPSA) is 24.8 Å². The number of hydrogen-bond acceptors (Lipinski definition) is 3. The van der Waals surface area contributed by atoms with Gasteiger partial charge in [-0.2, -0.15) is 0 Å². The van der Waals surface area contributed by atoms with Gasteiger partial charge in [-0.25, -0.2) is 0 Å². The van der Waals surface area contributed by atoms with Gasteiger partial charge < -0.3 is 9.74 Å². The lowest BCUT2D eigenvalue weighted by molar-refractivity contribution is 0.126. The second-order valence-electron chi connectivity index (χ2n) is 5.81. The van der Waals surface area contributed by atoms with E-state index in [1.165, 1.54) is 36.0 Å². The molecule has 0 atom stereocenters. The van der Waals surface area contributed by atoms with Gasteiger partial charge in [-0.05, 0) is 69.0 Å². The van der Waals surface area contributed by atoms with Gasteiger partial charge in [0.05, 0.1) is 5.71 Å². The summed E-state index contributed by atoms with van der Waals surface area (Å²) in [7, 11) is 4.09. The van der Waals surface area contributed by atoms with Crippen LogP contribution >= 0.6 is 12.4 Å². The maximum absolute atomic E-state index is 5.45. The molecule has 0 amide bonds. The lowest BCUT2D eigenvalue weighted by Crippen LogP contribution is -2.17. The summed E-state index contributed by atoms with van der Waals surface area (Å²) >= 11 is 0. The zero-order chi connectivity index (χ0) is 13.2. The maximum atomic E-state index is 5.45. The van der Waals surface area contributed by atoms with E-state index in [1.54, 1.807) is 5.56 Å². The quantitative estimate of drug-likeness (QED) is 0.630. The monoisotopic (exact) mass is 294 g/mol. The van der Waals surface area contributed by atoms with Crippen LogP contribution in [-0.4, -0.2) is 37.9 Å². The summed E-state index contributed by atoms with van der Waals surface area (Å²) in [5.41, 5.74) is 7.04. The molecule has 0 bridgehead atoms. The Bertz CT molecular complexity index is 511. The smallest absolute Gasteiger partial charge is 0.129 e. The molecular weight excluding hydrogens is 272 g/mol. The molecule has 0 saturated carbocycles. The van der Waals surface area contributed by atoms with Crippen molar-refractivity contribution in [2.45, 2.75) is 32.1 Å². The second-order valence-corrected chi connectivity index (χ2v) is 5.81. The average Bonchev–Trinajstić information content (AvgIpc) is 2.98. The van der Waals surface area contributed by atoms with Crippen LogP contribution in [0.2, 0.25) is 0 Å². The zero-order valence-electron chi connectivity index (χ0n) is 12.3. The number of nitrogens with zero attached hydrogens (tertiary/aromatic N) is 2. The van der Waals surface area contributed by atoms with Gasteiger partial charge in [0.2, 0.25) is 0 Å². The molecule has 0 aliphatic heterocycles. The number of fused-ring (bicyclic) bond motifs is 2. The number of aryl methyl sites for hydroxylation is 3. The van der Waals surface area contributed by atoms with Gasteiger partial charge >= 0.3 is 0 Å². The van der Waals surface area contributed by atoms with Crippen molar-refractivity contribution >= 4 is 18.1 Å². The fourth-order valence-corrected chi connectivity index (χ4v) is 2.98. The number of rotatable bonds is 4. The van der Waals surface area contributed by atoms with Crippen molar-refractivity contribution in [3.8, 4) is 0 Å². The molecule has 3 nitrogen and oxygen atoms in total. The summed E-state index contributed by atoms with van der Waals surface area (Å²) in [5, 5.41) is 4.35. The highest BCUT2D eigenvalue weighted by Gasteiger charge is 2.22. The first-order valence-corrected chi connectivity index (χ1v) is 7.22. The third-order valence-corrected chi connectivity index (χ3v) is 4.06. The second kappa shape index (κ2) is 6.59. The predicted octanol–water partition coefficient (Wildman–Crippen LogP) is 2.83. The highest BCUT2D eigenvalue weighted by molar-refractivity contribution is 6.04. The van der Waals surface area contributed by atoms with Crippen molar-refractivity contribution in [3.63, 3.8) is 0 Å². The van der Waals surface area contributed by atoms with E-state index in [-0.39, 0.29) is 12.4 Å². The molecule has 1 aromatic carbocycles. The number of oxime groups is 1. The van der Waals surface area contributed by atoms with E-state index in [1.807, 2.05) is 14.1 Å². The zero-order valence-corrected chi connectivity index (χ0v) is 13.1. The van der Waals surface area contributed by atoms with Crippen LogP contribution in [0, 0.1) is 0 Å². The molecule has 0 fully saturated rings. The van der Waals surface area contributed by atoms with Gasteiger partial charge in [-0.3, -0.25) is 0 Å². The fraction of sp³-hybridized carbons (Fsp3) is 0.562. The first-order valence-electron chi connectivity index (χ1n) is 7.22. The number of hydrogen-bond donors (Lipinski definition) is 0. The first kappa shape index (κ1) is 15.3. The highest BCUT2D eigenvalue weighted by Crippen LogP contribution is 2.30. The summed E-state index contributed by atoms with van der Waals surface area (Å²) < 4.78 is 0. The van der Waals surface area contributed by atoms with Crippen molar-refractivity contribution in [1.82, 2.24) is 4.90 Å². The molecule has 110 valence electrons. The van der Waals surface area contributed by atoms with Crippen LogP contribution in [0.5, 0.6) is 0 Å². The third-order valence-electron chi connectivity index (χ3n) is 4.06. The molecule has 0 N–H and O–H groups in total. The summed E-state index contributed by atoms with van der Waals surface area (Å²) in [6, 6.07) is 4.76. The summed E-state index contributed by atoms with van der Waals surface area (Å²) in [5.74, 6) is 0. The van der Waals surface area contributed by atoms with Crippen molar-refractivity contribution < 1.29 is 4.84 Å². The van der Waals surface area contributed by atoms with Crippen LogP contribution < -0.4 is 0 Å². The molecule has 0 spiro atoms. The Morgan fingerprint density at radius 2 is 1.80 bits per heavy atom. The number of benzene rings is 1. The van der Waals surface area contributed by atoms with E-state index in [9.17, 15) is 0 Å². The molecule has 20 heavy (non-hydrogen) atoms. The van der Waals surface area contributed by atoms with Crippen LogP contribution in [0.25, 0.3) is 0 Å². The van der Waals surface area contributed by atoms with Gasteiger partial charge in [-0.1, -0.05) is 11.2 Å². The van der Waals surface area contributed by atoms with Crippen LogP contribution in [0.4, 0.5) is 0 Å². The third kappa shape index (κ3) is 3.15. The normalized spacial score (nSPS) is 18.1. The van der Waals surface area contributed by atoms with E-state index in [0.29, 0.717) is 6.61 Å². The summed E-state index contributed by atoms with van der Waals surface area (Å²) in [6.07, 6.45) is 5.95. The lowest BCUT2D eigenvalue weighted by Gasteiger charge is -2.08. The van der Waals surface area contributed by atoms with Gasteiger partial charge in [0.1, 0.15) is 6.61 Å². The number of likely N-dealkylation sites (N-methyl/N-ethyl adjacent to an activating group) is 1. The highest BCUT2D eigenvalue weighted by atomic mass is 35.5. The molecule has 2 aliphatic rings. The van der Waals surface area contributed by atoms with Crippen LogP contribution in [-0.2, 0) is 24.1 Å². The van der Waals surface area contributed by atoms with E-state index >= 15 is 0 Å². The Morgan fingerprint density at radius 1 is 1.05 bits per heavy atom. The van der Waals surface area contributed by atoms with Crippen LogP contribution in [0.15, 0.2) is 17.3 Å². The lowest BCUT2D eigenvalue weighted by atomic mass is 10.0. The molecule has 3 rings (SSSR count). The van der Waals surface area contributed by atoms with Gasteiger partial charge in [-0.15, -0.1) is 12.4 Å². The maximum Gasteiger partial charge on any atom is 0.129 e. The molecule has 0 aromatic heterocycles. The Labute approximate surface area is 127 Å². The molecule has 0 saturated heterocycles. The molecule has 0 heterocycles. The predicted molar refractivity (Wildman–Crippen MR) is 85.1 cm³/mol. The molecule has 2 aliphatic carbocycles.